The predicted octanol–water partition coefficient (Wildman–Crippen LogP) is 4.73. The van der Waals surface area contributed by atoms with Gasteiger partial charge in [0.05, 0.1) is 0 Å². The number of esters is 1. The minimum Gasteiger partial charge on any atom is -0.451 e. The number of benzene rings is 2. The third kappa shape index (κ3) is 4.80. The normalized spacial score (nSPS) is 10.6. The zero-order valence-corrected chi connectivity index (χ0v) is 16.0. The number of carbonyl (C=O) groups excluding carboxylic acids is 2. The highest BCUT2D eigenvalue weighted by Crippen LogP contribution is 2.24. The highest BCUT2D eigenvalue weighted by Gasteiger charge is 2.16. The number of thiazole rings is 1. The van der Waals surface area contributed by atoms with E-state index in [0.717, 1.165) is 21.8 Å². The highest BCUT2D eigenvalue weighted by atomic mass is 32.1. The zero-order chi connectivity index (χ0) is 19.2. The molecular formula is C21H20N2O3S. The number of ether oxygens (including phenoxy) is 1. The van der Waals surface area contributed by atoms with Crippen LogP contribution in [0.15, 0.2) is 60.0 Å². The van der Waals surface area contributed by atoms with Crippen molar-refractivity contribution in [1.29, 1.82) is 0 Å². The van der Waals surface area contributed by atoms with Crippen molar-refractivity contribution in [2.75, 3.05) is 11.9 Å². The maximum absolute atomic E-state index is 12.2. The second-order valence-corrected chi connectivity index (χ2v) is 7.13. The summed E-state index contributed by atoms with van der Waals surface area (Å²) in [5.41, 5.74) is 2.90. The Bertz CT molecular complexity index is 935. The number of aromatic nitrogens is 1. The molecule has 0 aliphatic rings. The molecule has 27 heavy (non-hydrogen) atoms. The summed E-state index contributed by atoms with van der Waals surface area (Å²) in [5.74, 6) is -0.717. The summed E-state index contributed by atoms with van der Waals surface area (Å²) in [4.78, 5) is 28.6. The van der Waals surface area contributed by atoms with Crippen LogP contribution in [0, 0.1) is 0 Å². The topological polar surface area (TPSA) is 68.3 Å². The predicted molar refractivity (Wildman–Crippen MR) is 107 cm³/mol. The smallest absolute Gasteiger partial charge is 0.358 e. The van der Waals surface area contributed by atoms with Gasteiger partial charge in [0.1, 0.15) is 5.01 Å². The first kappa shape index (κ1) is 18.8. The molecule has 0 bridgehead atoms. The van der Waals surface area contributed by atoms with Gasteiger partial charge in [-0.15, -0.1) is 11.3 Å². The molecule has 1 amide bonds. The molecule has 0 atom stereocenters. The first-order valence-electron chi connectivity index (χ1n) is 8.61. The third-order valence-electron chi connectivity index (χ3n) is 3.93. The molecule has 1 aromatic heterocycles. The number of carbonyl (C=O) groups is 2. The number of rotatable bonds is 6. The third-order valence-corrected chi connectivity index (χ3v) is 4.82. The van der Waals surface area contributed by atoms with Gasteiger partial charge in [0.25, 0.3) is 5.91 Å². The minimum atomic E-state index is -0.610. The fraction of sp³-hybridized carbons (Fsp3) is 0.190. The van der Waals surface area contributed by atoms with Crippen molar-refractivity contribution in [2.24, 2.45) is 0 Å². The fourth-order valence-electron chi connectivity index (χ4n) is 2.59. The van der Waals surface area contributed by atoms with Crippen molar-refractivity contribution < 1.29 is 14.3 Å². The van der Waals surface area contributed by atoms with Gasteiger partial charge in [0, 0.05) is 16.6 Å². The Labute approximate surface area is 162 Å². The van der Waals surface area contributed by atoms with Crippen molar-refractivity contribution in [1.82, 2.24) is 4.98 Å². The molecule has 138 valence electrons. The SMILES string of the molecule is CC(C)c1ccccc1NC(=O)COC(=O)c1csc(-c2ccccc2)n1. The average molecular weight is 380 g/mol. The standard InChI is InChI=1S/C21H20N2O3S/c1-14(2)16-10-6-7-11-17(16)22-19(24)12-26-21(25)18-13-27-20(23-18)15-8-4-3-5-9-15/h3-11,13-14H,12H2,1-2H3,(H,22,24). The Morgan fingerprint density at radius 3 is 2.52 bits per heavy atom. The van der Waals surface area contributed by atoms with Crippen LogP contribution in [0.2, 0.25) is 0 Å². The molecule has 0 fully saturated rings. The monoisotopic (exact) mass is 380 g/mol. The average Bonchev–Trinajstić information content (AvgIpc) is 3.17. The van der Waals surface area contributed by atoms with E-state index < -0.39 is 5.97 Å². The van der Waals surface area contributed by atoms with Crippen LogP contribution in [0.5, 0.6) is 0 Å². The minimum absolute atomic E-state index is 0.203. The number of nitrogens with one attached hydrogen (secondary N) is 1. The van der Waals surface area contributed by atoms with E-state index in [4.69, 9.17) is 4.74 Å². The maximum Gasteiger partial charge on any atom is 0.358 e. The van der Waals surface area contributed by atoms with E-state index in [1.807, 2.05) is 54.6 Å². The second-order valence-electron chi connectivity index (χ2n) is 6.27. The molecule has 0 radical (unpaired) electrons. The lowest BCUT2D eigenvalue weighted by molar-refractivity contribution is -0.119. The van der Waals surface area contributed by atoms with Gasteiger partial charge in [0.2, 0.25) is 0 Å². The second kappa shape index (κ2) is 8.60. The number of hydrogen-bond donors (Lipinski definition) is 1. The molecule has 1 heterocycles. The fourth-order valence-corrected chi connectivity index (χ4v) is 3.38. The van der Waals surface area contributed by atoms with E-state index in [-0.39, 0.29) is 24.1 Å². The van der Waals surface area contributed by atoms with Crippen molar-refractivity contribution in [2.45, 2.75) is 19.8 Å². The number of para-hydroxylation sites is 1. The molecule has 3 aromatic rings. The lowest BCUT2D eigenvalue weighted by Gasteiger charge is -2.13. The molecule has 1 N–H and O–H groups in total. The van der Waals surface area contributed by atoms with Gasteiger partial charge >= 0.3 is 5.97 Å². The van der Waals surface area contributed by atoms with Crippen LogP contribution in [0.3, 0.4) is 0 Å². The largest absolute Gasteiger partial charge is 0.451 e. The molecule has 0 unspecified atom stereocenters. The van der Waals surface area contributed by atoms with Crippen molar-refractivity contribution in [3.63, 3.8) is 0 Å². The van der Waals surface area contributed by atoms with E-state index in [2.05, 4.69) is 24.1 Å². The molecule has 0 saturated heterocycles. The summed E-state index contributed by atoms with van der Waals surface area (Å²) >= 11 is 1.36. The van der Waals surface area contributed by atoms with E-state index in [1.54, 1.807) is 5.38 Å². The number of anilines is 1. The van der Waals surface area contributed by atoms with Crippen LogP contribution in [0.1, 0.15) is 35.8 Å². The van der Waals surface area contributed by atoms with E-state index in [0.29, 0.717) is 0 Å². The molecule has 0 aliphatic heterocycles. The Balaban J connectivity index is 1.58. The molecule has 0 saturated carbocycles. The molecule has 2 aromatic carbocycles. The Morgan fingerprint density at radius 1 is 1.07 bits per heavy atom. The lowest BCUT2D eigenvalue weighted by Crippen LogP contribution is -2.21. The Hall–Kier alpha value is -2.99. The van der Waals surface area contributed by atoms with Crippen LogP contribution in [-0.2, 0) is 9.53 Å². The molecule has 0 spiro atoms. The van der Waals surface area contributed by atoms with E-state index in [1.165, 1.54) is 11.3 Å². The Kier molecular flexibility index (Phi) is 5.98. The van der Waals surface area contributed by atoms with Gasteiger partial charge < -0.3 is 10.1 Å². The lowest BCUT2D eigenvalue weighted by atomic mass is 10.0. The van der Waals surface area contributed by atoms with Crippen LogP contribution in [-0.4, -0.2) is 23.5 Å². The first-order chi connectivity index (χ1) is 13.0. The van der Waals surface area contributed by atoms with E-state index in [9.17, 15) is 9.59 Å². The number of nitrogens with zero attached hydrogens (tertiary/aromatic N) is 1. The van der Waals surface area contributed by atoms with Crippen molar-refractivity contribution in [3.8, 4) is 10.6 Å². The Morgan fingerprint density at radius 2 is 1.78 bits per heavy atom. The molecule has 3 rings (SSSR count). The summed E-state index contributed by atoms with van der Waals surface area (Å²) in [7, 11) is 0. The van der Waals surface area contributed by atoms with Gasteiger partial charge in [0.15, 0.2) is 12.3 Å². The summed E-state index contributed by atoms with van der Waals surface area (Å²) in [6.07, 6.45) is 0. The van der Waals surface area contributed by atoms with E-state index >= 15 is 0 Å². The van der Waals surface area contributed by atoms with Crippen LogP contribution < -0.4 is 5.32 Å². The van der Waals surface area contributed by atoms with Crippen molar-refractivity contribution >= 4 is 28.9 Å². The van der Waals surface area contributed by atoms with Crippen molar-refractivity contribution in [3.05, 3.63) is 71.2 Å². The first-order valence-corrected chi connectivity index (χ1v) is 9.49. The molecule has 6 heteroatoms. The van der Waals surface area contributed by atoms with Crippen LogP contribution in [0.4, 0.5) is 5.69 Å². The van der Waals surface area contributed by atoms with Crippen LogP contribution >= 0.6 is 11.3 Å². The van der Waals surface area contributed by atoms with Crippen LogP contribution in [0.25, 0.3) is 10.6 Å². The summed E-state index contributed by atoms with van der Waals surface area (Å²) in [6.45, 7) is 3.75. The summed E-state index contributed by atoms with van der Waals surface area (Å²) in [5, 5.41) is 5.17. The summed E-state index contributed by atoms with van der Waals surface area (Å²) < 4.78 is 5.10. The van der Waals surface area contributed by atoms with Gasteiger partial charge in [-0.05, 0) is 17.5 Å². The van der Waals surface area contributed by atoms with Gasteiger partial charge in [-0.3, -0.25) is 4.79 Å². The molecule has 5 nitrogen and oxygen atoms in total. The zero-order valence-electron chi connectivity index (χ0n) is 15.1. The molecule has 0 aliphatic carbocycles. The number of hydrogen-bond acceptors (Lipinski definition) is 5. The number of amides is 1. The highest BCUT2D eigenvalue weighted by molar-refractivity contribution is 7.13. The van der Waals surface area contributed by atoms with Gasteiger partial charge in [-0.25, -0.2) is 9.78 Å². The maximum atomic E-state index is 12.2. The van der Waals surface area contributed by atoms with Gasteiger partial charge in [-0.1, -0.05) is 62.4 Å². The molecular weight excluding hydrogens is 360 g/mol. The quantitative estimate of drug-likeness (QED) is 0.628. The van der Waals surface area contributed by atoms with Gasteiger partial charge in [-0.2, -0.15) is 0 Å². The summed E-state index contributed by atoms with van der Waals surface area (Å²) in [6, 6.07) is 17.2.